The molecule has 40 heavy (non-hydrogen) atoms. The van der Waals surface area contributed by atoms with Gasteiger partial charge in [-0.25, -0.2) is 9.59 Å². The van der Waals surface area contributed by atoms with Crippen molar-refractivity contribution in [1.82, 2.24) is 25.4 Å². The molecule has 1 unspecified atom stereocenters. The molecule has 0 saturated carbocycles. The van der Waals surface area contributed by atoms with Gasteiger partial charge in [-0.05, 0) is 62.4 Å². The number of rotatable bonds is 10. The smallest absolute Gasteiger partial charge is 0.338 e. The molecule has 0 bridgehead atoms. The number of amides is 2. The number of carbonyl (C=O) groups excluding carboxylic acids is 2. The zero-order valence-electron chi connectivity index (χ0n) is 21.7. The molecule has 206 valence electrons. The molecule has 2 N–H and O–H groups in total. The standard InChI is InChI=1S/C28H26ClN5O5S/c1-3-37-20-12-10-19(11-13-20)34-25(17-7-5-8-18(29)15-17)32-33-28(34)40-16-21-23(26(35)38-4-2)24(31-27(36)30-21)22-9-6-14-39-22/h5-15,24H,3-4,16H2,1-2H3,(H2,30,31,36). The number of halogens is 1. The number of hydrogen-bond acceptors (Lipinski definition) is 8. The molecular weight excluding hydrogens is 554 g/mol. The van der Waals surface area contributed by atoms with E-state index in [1.54, 1.807) is 25.1 Å². The molecule has 2 aromatic carbocycles. The Kier molecular flexibility index (Phi) is 8.42. The van der Waals surface area contributed by atoms with Crippen molar-refractivity contribution in [3.05, 3.63) is 89.0 Å². The van der Waals surface area contributed by atoms with Crippen molar-refractivity contribution in [2.24, 2.45) is 0 Å². The van der Waals surface area contributed by atoms with Gasteiger partial charge in [-0.3, -0.25) is 4.57 Å². The van der Waals surface area contributed by atoms with Crippen molar-refractivity contribution >= 4 is 35.4 Å². The minimum absolute atomic E-state index is 0.177. The molecule has 1 atom stereocenters. The first kappa shape index (κ1) is 27.4. The topological polar surface area (TPSA) is 121 Å². The maximum Gasteiger partial charge on any atom is 0.338 e. The number of ether oxygens (including phenoxy) is 2. The molecule has 0 fully saturated rings. The van der Waals surface area contributed by atoms with Gasteiger partial charge in [0.1, 0.15) is 17.6 Å². The fraction of sp³-hybridized carbons (Fsp3) is 0.214. The van der Waals surface area contributed by atoms with E-state index < -0.39 is 18.0 Å². The Morgan fingerprint density at radius 1 is 1.10 bits per heavy atom. The summed E-state index contributed by atoms with van der Waals surface area (Å²) in [6.07, 6.45) is 1.48. The summed E-state index contributed by atoms with van der Waals surface area (Å²) in [6, 6.07) is 17.0. The summed E-state index contributed by atoms with van der Waals surface area (Å²) in [7, 11) is 0. The number of nitrogens with one attached hydrogen (secondary N) is 2. The van der Waals surface area contributed by atoms with Crippen molar-refractivity contribution in [3.8, 4) is 22.8 Å². The largest absolute Gasteiger partial charge is 0.494 e. The Hall–Kier alpha value is -4.22. The molecule has 3 heterocycles. The Labute approximate surface area is 239 Å². The van der Waals surface area contributed by atoms with Gasteiger partial charge in [-0.1, -0.05) is 35.5 Å². The Bertz CT molecular complexity index is 1530. The molecule has 2 aromatic heterocycles. The van der Waals surface area contributed by atoms with E-state index in [4.69, 9.17) is 25.5 Å². The van der Waals surface area contributed by atoms with Crippen molar-refractivity contribution < 1.29 is 23.5 Å². The number of carbonyl (C=O) groups is 2. The van der Waals surface area contributed by atoms with Crippen molar-refractivity contribution in [2.45, 2.75) is 25.0 Å². The van der Waals surface area contributed by atoms with Crippen LogP contribution in [0.5, 0.6) is 5.75 Å². The number of esters is 1. The van der Waals surface area contributed by atoms with Gasteiger partial charge in [0, 0.05) is 27.7 Å². The van der Waals surface area contributed by atoms with Gasteiger partial charge in [0.05, 0.1) is 25.1 Å². The van der Waals surface area contributed by atoms with Gasteiger partial charge in [-0.15, -0.1) is 10.2 Å². The lowest BCUT2D eigenvalue weighted by atomic mass is 10.0. The summed E-state index contributed by atoms with van der Waals surface area (Å²) in [6.45, 7) is 4.38. The molecule has 10 nitrogen and oxygen atoms in total. The van der Waals surface area contributed by atoms with Crippen LogP contribution in [-0.4, -0.2) is 45.7 Å². The first-order chi connectivity index (χ1) is 19.5. The highest BCUT2D eigenvalue weighted by molar-refractivity contribution is 7.99. The van der Waals surface area contributed by atoms with E-state index in [-0.39, 0.29) is 17.9 Å². The number of benzene rings is 2. The third-order valence-electron chi connectivity index (χ3n) is 5.94. The maximum absolute atomic E-state index is 13.0. The van der Waals surface area contributed by atoms with Crippen molar-refractivity contribution in [3.63, 3.8) is 0 Å². The molecular formula is C28H26ClN5O5S. The third-order valence-corrected chi connectivity index (χ3v) is 7.13. The van der Waals surface area contributed by atoms with Crippen LogP contribution in [0.1, 0.15) is 25.6 Å². The number of aromatic nitrogens is 3. The minimum Gasteiger partial charge on any atom is -0.494 e. The molecule has 0 saturated heterocycles. The number of furan rings is 1. The van der Waals surface area contributed by atoms with Gasteiger partial charge in [0.25, 0.3) is 0 Å². The second-order valence-electron chi connectivity index (χ2n) is 8.53. The number of nitrogens with zero attached hydrogens (tertiary/aromatic N) is 3. The average Bonchev–Trinajstić information content (AvgIpc) is 3.63. The van der Waals surface area contributed by atoms with Crippen molar-refractivity contribution in [2.75, 3.05) is 19.0 Å². The predicted molar refractivity (Wildman–Crippen MR) is 150 cm³/mol. The maximum atomic E-state index is 13.0. The molecule has 0 spiro atoms. The lowest BCUT2D eigenvalue weighted by Crippen LogP contribution is -2.46. The fourth-order valence-corrected chi connectivity index (χ4v) is 5.37. The average molecular weight is 580 g/mol. The molecule has 1 aliphatic rings. The quantitative estimate of drug-likeness (QED) is 0.185. The van der Waals surface area contributed by atoms with Crippen LogP contribution < -0.4 is 15.4 Å². The number of urea groups is 1. The number of thioether (sulfide) groups is 1. The first-order valence-corrected chi connectivity index (χ1v) is 13.9. The van der Waals surface area contributed by atoms with Gasteiger partial charge >= 0.3 is 12.0 Å². The van der Waals surface area contributed by atoms with E-state index in [0.29, 0.717) is 34.1 Å². The lowest BCUT2D eigenvalue weighted by molar-refractivity contribution is -0.139. The molecule has 4 aromatic rings. The molecule has 12 heteroatoms. The van der Waals surface area contributed by atoms with E-state index in [2.05, 4.69) is 20.8 Å². The van der Waals surface area contributed by atoms with Crippen LogP contribution in [0.2, 0.25) is 5.02 Å². The summed E-state index contributed by atoms with van der Waals surface area (Å²) in [4.78, 5) is 25.6. The Balaban J connectivity index is 1.54. The zero-order valence-corrected chi connectivity index (χ0v) is 23.3. The zero-order chi connectivity index (χ0) is 28.1. The normalized spacial score (nSPS) is 15.0. The Morgan fingerprint density at radius 3 is 2.62 bits per heavy atom. The van der Waals surface area contributed by atoms with Gasteiger partial charge in [0.15, 0.2) is 11.0 Å². The summed E-state index contributed by atoms with van der Waals surface area (Å²) in [5, 5.41) is 15.5. The van der Waals surface area contributed by atoms with E-state index in [0.717, 1.165) is 17.0 Å². The van der Waals surface area contributed by atoms with Crippen LogP contribution >= 0.6 is 23.4 Å². The Morgan fingerprint density at radius 2 is 1.93 bits per heavy atom. The van der Waals surface area contributed by atoms with Crippen LogP contribution in [0.4, 0.5) is 4.79 Å². The molecule has 5 rings (SSSR count). The van der Waals surface area contributed by atoms with E-state index >= 15 is 0 Å². The summed E-state index contributed by atoms with van der Waals surface area (Å²) >= 11 is 7.59. The van der Waals surface area contributed by atoms with Gasteiger partial charge in [0.2, 0.25) is 0 Å². The monoisotopic (exact) mass is 579 g/mol. The van der Waals surface area contributed by atoms with Crippen LogP contribution in [0.15, 0.2) is 87.8 Å². The summed E-state index contributed by atoms with van der Waals surface area (Å²) in [5.74, 6) is 1.38. The van der Waals surface area contributed by atoms with Crippen LogP contribution in [-0.2, 0) is 9.53 Å². The number of hydrogen-bond donors (Lipinski definition) is 2. The van der Waals surface area contributed by atoms with Gasteiger partial charge in [-0.2, -0.15) is 0 Å². The highest BCUT2D eigenvalue weighted by atomic mass is 35.5. The minimum atomic E-state index is -0.801. The van der Waals surface area contributed by atoms with Gasteiger partial charge < -0.3 is 24.5 Å². The predicted octanol–water partition coefficient (Wildman–Crippen LogP) is 5.54. The van der Waals surface area contributed by atoms with Crippen LogP contribution in [0, 0.1) is 0 Å². The molecule has 2 amide bonds. The molecule has 1 aliphatic heterocycles. The second kappa shape index (κ2) is 12.3. The highest BCUT2D eigenvalue weighted by Crippen LogP contribution is 2.33. The third kappa shape index (κ3) is 5.85. The lowest BCUT2D eigenvalue weighted by Gasteiger charge is -2.27. The van der Waals surface area contributed by atoms with E-state index in [1.807, 2.05) is 54.0 Å². The summed E-state index contributed by atoms with van der Waals surface area (Å²) in [5.41, 5.74) is 2.22. The SMILES string of the molecule is CCOC(=O)C1=C(CSc2nnc(-c3cccc(Cl)c3)n2-c2ccc(OCC)cc2)NC(=O)NC1c1ccco1. The fourth-order valence-electron chi connectivity index (χ4n) is 4.26. The molecule has 0 aliphatic carbocycles. The van der Waals surface area contributed by atoms with E-state index in [9.17, 15) is 9.59 Å². The van der Waals surface area contributed by atoms with Crippen molar-refractivity contribution in [1.29, 1.82) is 0 Å². The molecule has 0 radical (unpaired) electrons. The first-order valence-electron chi connectivity index (χ1n) is 12.6. The van der Waals surface area contributed by atoms with Crippen LogP contribution in [0.25, 0.3) is 17.1 Å². The summed E-state index contributed by atoms with van der Waals surface area (Å²) < 4.78 is 18.3. The highest BCUT2D eigenvalue weighted by Gasteiger charge is 2.35. The second-order valence-corrected chi connectivity index (χ2v) is 9.91. The van der Waals surface area contributed by atoms with Crippen LogP contribution in [0.3, 0.4) is 0 Å². The van der Waals surface area contributed by atoms with E-state index in [1.165, 1.54) is 18.0 Å².